The smallest absolute Gasteiger partial charge is 0.0353 e. The van der Waals surface area contributed by atoms with Crippen molar-refractivity contribution in [1.82, 2.24) is 5.32 Å². The molecule has 1 N–H and O–H groups in total. The summed E-state index contributed by atoms with van der Waals surface area (Å²) >= 11 is 0. The van der Waals surface area contributed by atoms with Crippen LogP contribution in [-0.2, 0) is 0 Å². The summed E-state index contributed by atoms with van der Waals surface area (Å²) < 4.78 is 0. The van der Waals surface area contributed by atoms with Gasteiger partial charge in [0.05, 0.1) is 0 Å². The molecule has 0 saturated carbocycles. The van der Waals surface area contributed by atoms with Crippen molar-refractivity contribution in [3.63, 3.8) is 0 Å². The highest BCUT2D eigenvalue weighted by molar-refractivity contribution is 5.46. The fourth-order valence-electron chi connectivity index (χ4n) is 3.28. The molecule has 114 valence electrons. The van der Waals surface area contributed by atoms with Gasteiger partial charge in [0.2, 0.25) is 0 Å². The van der Waals surface area contributed by atoms with E-state index in [0.717, 1.165) is 12.5 Å². The fraction of sp³-hybridized carbons (Fsp3) is 0.684. The van der Waals surface area contributed by atoms with Crippen LogP contribution in [0.1, 0.15) is 73.9 Å². The van der Waals surface area contributed by atoms with E-state index in [0.29, 0.717) is 6.04 Å². The summed E-state index contributed by atoms with van der Waals surface area (Å²) in [4.78, 5) is 0. The van der Waals surface area contributed by atoms with E-state index < -0.39 is 0 Å². The predicted molar refractivity (Wildman–Crippen MR) is 90.5 cm³/mol. The number of benzene rings is 1. The molecule has 0 aliphatic rings. The lowest BCUT2D eigenvalue weighted by Crippen LogP contribution is -2.30. The van der Waals surface area contributed by atoms with Crippen molar-refractivity contribution < 1.29 is 0 Å². The summed E-state index contributed by atoms with van der Waals surface area (Å²) in [5.74, 6) is 0.722. The Hall–Kier alpha value is -0.820. The van der Waals surface area contributed by atoms with Crippen LogP contribution < -0.4 is 5.32 Å². The Morgan fingerprint density at radius 2 is 1.40 bits per heavy atom. The highest BCUT2D eigenvalue weighted by atomic mass is 14.9. The quantitative estimate of drug-likeness (QED) is 0.703. The molecule has 1 atom stereocenters. The van der Waals surface area contributed by atoms with Crippen LogP contribution >= 0.6 is 0 Å². The first-order valence-electron chi connectivity index (χ1n) is 8.28. The first kappa shape index (κ1) is 17.2. The van der Waals surface area contributed by atoms with E-state index in [9.17, 15) is 0 Å². The molecule has 0 aliphatic heterocycles. The lowest BCUT2D eigenvalue weighted by atomic mass is 9.82. The van der Waals surface area contributed by atoms with Gasteiger partial charge in [-0.05, 0) is 74.4 Å². The number of hydrogen-bond acceptors (Lipinski definition) is 1. The molecule has 0 spiro atoms. The van der Waals surface area contributed by atoms with Crippen molar-refractivity contribution in [3.8, 4) is 0 Å². The first-order chi connectivity index (χ1) is 9.47. The van der Waals surface area contributed by atoms with Crippen LogP contribution in [0, 0.1) is 33.6 Å². The molecule has 0 aromatic heterocycles. The first-order valence-corrected chi connectivity index (χ1v) is 8.28. The molecule has 0 amide bonds. The molecule has 1 nitrogen and oxygen atoms in total. The predicted octanol–water partition coefficient (Wildman–Crippen LogP) is 5.40. The number of nitrogens with one attached hydrogen (secondary N) is 1. The van der Waals surface area contributed by atoms with Crippen molar-refractivity contribution in [2.45, 2.75) is 73.8 Å². The number of aryl methyl sites for hydroxylation is 2. The largest absolute Gasteiger partial charge is 0.310 e. The third-order valence-corrected chi connectivity index (χ3v) is 4.87. The van der Waals surface area contributed by atoms with Crippen LogP contribution in [0.3, 0.4) is 0 Å². The SMILES string of the molecule is CCCNC(c1c(C)c(C)cc(C)c1C)C(CC)CC. The van der Waals surface area contributed by atoms with Gasteiger partial charge in [-0.15, -0.1) is 0 Å². The van der Waals surface area contributed by atoms with E-state index in [1.54, 1.807) is 5.56 Å². The lowest BCUT2D eigenvalue weighted by Gasteiger charge is -2.31. The van der Waals surface area contributed by atoms with Crippen molar-refractivity contribution in [3.05, 3.63) is 33.9 Å². The summed E-state index contributed by atoms with van der Waals surface area (Å²) in [6.07, 6.45) is 3.67. The van der Waals surface area contributed by atoms with Gasteiger partial charge in [0, 0.05) is 6.04 Å². The Bertz CT molecular complexity index is 404. The number of rotatable bonds is 7. The monoisotopic (exact) mass is 275 g/mol. The molecule has 1 rings (SSSR count). The van der Waals surface area contributed by atoms with Crippen LogP contribution in [0.25, 0.3) is 0 Å². The Morgan fingerprint density at radius 3 is 1.80 bits per heavy atom. The van der Waals surface area contributed by atoms with Gasteiger partial charge in [-0.25, -0.2) is 0 Å². The summed E-state index contributed by atoms with van der Waals surface area (Å²) in [5.41, 5.74) is 7.38. The average molecular weight is 275 g/mol. The van der Waals surface area contributed by atoms with Crippen LogP contribution in [0.5, 0.6) is 0 Å². The van der Waals surface area contributed by atoms with Crippen LogP contribution in [0.4, 0.5) is 0 Å². The molecular formula is C19H33N. The van der Waals surface area contributed by atoms with Crippen LogP contribution in [-0.4, -0.2) is 6.54 Å². The Kier molecular flexibility index (Phi) is 6.75. The maximum atomic E-state index is 3.82. The van der Waals surface area contributed by atoms with E-state index in [1.165, 1.54) is 41.5 Å². The van der Waals surface area contributed by atoms with Gasteiger partial charge < -0.3 is 5.32 Å². The topological polar surface area (TPSA) is 12.0 Å². The normalized spacial score (nSPS) is 13.0. The van der Waals surface area contributed by atoms with Gasteiger partial charge in [0.1, 0.15) is 0 Å². The second-order valence-electron chi connectivity index (χ2n) is 6.18. The summed E-state index contributed by atoms with van der Waals surface area (Å²) in [5, 5.41) is 3.82. The zero-order chi connectivity index (χ0) is 15.3. The second-order valence-corrected chi connectivity index (χ2v) is 6.18. The van der Waals surface area contributed by atoms with E-state index in [-0.39, 0.29) is 0 Å². The standard InChI is InChI=1S/C19H33N/c1-8-11-20-19(17(9-2)10-3)18-15(6)13(4)12-14(5)16(18)7/h12,17,19-20H,8-11H2,1-7H3. The minimum atomic E-state index is 0.503. The van der Waals surface area contributed by atoms with Crippen LogP contribution in [0.15, 0.2) is 6.07 Å². The van der Waals surface area contributed by atoms with E-state index in [2.05, 4.69) is 59.8 Å². The number of hydrogen-bond donors (Lipinski definition) is 1. The van der Waals surface area contributed by atoms with Gasteiger partial charge in [0.15, 0.2) is 0 Å². The van der Waals surface area contributed by atoms with E-state index in [1.807, 2.05) is 0 Å². The average Bonchev–Trinajstić information content (AvgIpc) is 2.43. The fourth-order valence-corrected chi connectivity index (χ4v) is 3.28. The molecule has 0 aliphatic carbocycles. The second kappa shape index (κ2) is 7.83. The zero-order valence-electron chi connectivity index (χ0n) is 14.6. The van der Waals surface area contributed by atoms with Gasteiger partial charge in [-0.2, -0.15) is 0 Å². The van der Waals surface area contributed by atoms with Gasteiger partial charge in [-0.3, -0.25) is 0 Å². The highest BCUT2D eigenvalue weighted by Gasteiger charge is 2.24. The molecule has 1 unspecified atom stereocenters. The van der Waals surface area contributed by atoms with Gasteiger partial charge in [-0.1, -0.05) is 39.7 Å². The Balaban J connectivity index is 3.32. The molecule has 0 bridgehead atoms. The van der Waals surface area contributed by atoms with Crippen molar-refractivity contribution in [2.24, 2.45) is 5.92 Å². The highest BCUT2D eigenvalue weighted by Crippen LogP contribution is 2.34. The molecule has 1 heteroatoms. The summed E-state index contributed by atoms with van der Waals surface area (Å²) in [6, 6.07) is 2.83. The minimum absolute atomic E-state index is 0.503. The molecule has 0 heterocycles. The molecule has 1 aromatic carbocycles. The lowest BCUT2D eigenvalue weighted by molar-refractivity contribution is 0.339. The van der Waals surface area contributed by atoms with Gasteiger partial charge in [0.25, 0.3) is 0 Å². The van der Waals surface area contributed by atoms with Crippen molar-refractivity contribution >= 4 is 0 Å². The third kappa shape index (κ3) is 3.63. The molecule has 0 fully saturated rings. The summed E-state index contributed by atoms with van der Waals surface area (Å²) in [7, 11) is 0. The molecule has 20 heavy (non-hydrogen) atoms. The Labute approximate surface area is 126 Å². The maximum absolute atomic E-state index is 3.82. The zero-order valence-corrected chi connectivity index (χ0v) is 14.6. The summed E-state index contributed by atoms with van der Waals surface area (Å²) in [6.45, 7) is 17.1. The van der Waals surface area contributed by atoms with Crippen molar-refractivity contribution in [2.75, 3.05) is 6.54 Å². The Morgan fingerprint density at radius 1 is 0.900 bits per heavy atom. The van der Waals surface area contributed by atoms with Crippen LogP contribution in [0.2, 0.25) is 0 Å². The molecule has 0 saturated heterocycles. The van der Waals surface area contributed by atoms with Gasteiger partial charge >= 0.3 is 0 Å². The molecular weight excluding hydrogens is 242 g/mol. The molecule has 1 aromatic rings. The van der Waals surface area contributed by atoms with Crippen molar-refractivity contribution in [1.29, 1.82) is 0 Å². The van der Waals surface area contributed by atoms with E-state index in [4.69, 9.17) is 0 Å². The maximum Gasteiger partial charge on any atom is 0.0353 e. The minimum Gasteiger partial charge on any atom is -0.310 e. The molecule has 0 radical (unpaired) electrons. The third-order valence-electron chi connectivity index (χ3n) is 4.87. The van der Waals surface area contributed by atoms with E-state index >= 15 is 0 Å².